The Morgan fingerprint density at radius 2 is 1.65 bits per heavy atom. The molecule has 0 aromatic heterocycles. The van der Waals surface area contributed by atoms with Gasteiger partial charge in [0.1, 0.15) is 11.6 Å². The number of carbonyl (C=O) groups excluding carboxylic acids is 3. The van der Waals surface area contributed by atoms with E-state index < -0.39 is 29.6 Å². The first-order valence-corrected chi connectivity index (χ1v) is 6.68. The summed E-state index contributed by atoms with van der Waals surface area (Å²) in [5.74, 6) is -1.36. The Morgan fingerprint density at radius 3 is 1.95 bits per heavy atom. The second kappa shape index (κ2) is 7.26. The molecule has 6 heteroatoms. The van der Waals surface area contributed by atoms with E-state index in [1.807, 2.05) is 0 Å². The predicted octanol–water partition coefficient (Wildman–Crippen LogP) is 2.36. The Balaban J connectivity index is 5.44. The number of amides is 2. The van der Waals surface area contributed by atoms with Gasteiger partial charge in [0.15, 0.2) is 0 Å². The van der Waals surface area contributed by atoms with Crippen LogP contribution >= 0.6 is 0 Å². The Labute approximate surface area is 120 Å². The first-order chi connectivity index (χ1) is 9.05. The van der Waals surface area contributed by atoms with Gasteiger partial charge in [-0.05, 0) is 26.7 Å². The molecule has 0 aromatic rings. The van der Waals surface area contributed by atoms with Crippen LogP contribution in [0.15, 0.2) is 0 Å². The molecule has 0 fully saturated rings. The van der Waals surface area contributed by atoms with Gasteiger partial charge >= 0.3 is 12.1 Å². The highest BCUT2D eigenvalue weighted by atomic mass is 16.6. The maximum absolute atomic E-state index is 12.3. The van der Waals surface area contributed by atoms with Crippen molar-refractivity contribution in [2.24, 2.45) is 5.92 Å². The van der Waals surface area contributed by atoms with Gasteiger partial charge in [-0.2, -0.15) is 0 Å². The van der Waals surface area contributed by atoms with Gasteiger partial charge in [0.05, 0.1) is 7.11 Å². The Morgan fingerprint density at radius 1 is 1.15 bits per heavy atom. The van der Waals surface area contributed by atoms with E-state index in [2.05, 4.69) is 4.74 Å². The molecule has 0 saturated carbocycles. The highest BCUT2D eigenvalue weighted by Crippen LogP contribution is 2.19. The van der Waals surface area contributed by atoms with E-state index in [9.17, 15) is 14.4 Å². The highest BCUT2D eigenvalue weighted by Gasteiger charge is 2.39. The third kappa shape index (κ3) is 5.19. The van der Waals surface area contributed by atoms with E-state index >= 15 is 0 Å². The normalized spacial score (nSPS) is 12.8. The molecule has 0 aliphatic rings. The number of esters is 1. The molecular formula is C14H25NO5. The van der Waals surface area contributed by atoms with E-state index in [0.29, 0.717) is 0 Å². The molecule has 2 amide bonds. The summed E-state index contributed by atoms with van der Waals surface area (Å²) in [4.78, 5) is 36.9. The molecular weight excluding hydrogens is 262 g/mol. The third-order valence-electron chi connectivity index (χ3n) is 2.50. The fourth-order valence-corrected chi connectivity index (χ4v) is 1.68. The zero-order valence-corrected chi connectivity index (χ0v) is 13.4. The van der Waals surface area contributed by atoms with Crippen molar-refractivity contribution in [2.75, 3.05) is 7.11 Å². The van der Waals surface area contributed by atoms with Gasteiger partial charge in [0.2, 0.25) is 5.91 Å². The molecule has 116 valence electrons. The summed E-state index contributed by atoms with van der Waals surface area (Å²) >= 11 is 0. The molecule has 0 N–H and O–H groups in total. The fraction of sp³-hybridized carbons (Fsp3) is 0.786. The standard InChI is InChI=1S/C14H25NO5/c1-8-10(16)15(13(18)19-7)11(9(2)3)12(17)20-14(4,5)6/h9,11H,8H2,1-7H3. The summed E-state index contributed by atoms with van der Waals surface area (Å²) in [7, 11) is 1.17. The lowest BCUT2D eigenvalue weighted by Gasteiger charge is -2.32. The molecule has 6 nitrogen and oxygen atoms in total. The summed E-state index contributed by atoms with van der Waals surface area (Å²) in [5, 5.41) is 0. The van der Waals surface area contributed by atoms with Crippen molar-refractivity contribution >= 4 is 18.0 Å². The summed E-state index contributed by atoms with van der Waals surface area (Å²) in [5.41, 5.74) is -0.693. The van der Waals surface area contributed by atoms with Crippen LogP contribution in [-0.2, 0) is 19.1 Å². The van der Waals surface area contributed by atoms with Gasteiger partial charge in [-0.1, -0.05) is 20.8 Å². The minimum atomic E-state index is -0.992. The second-order valence-electron chi connectivity index (χ2n) is 5.81. The van der Waals surface area contributed by atoms with Crippen molar-refractivity contribution in [2.45, 2.75) is 59.6 Å². The van der Waals surface area contributed by atoms with Crippen molar-refractivity contribution in [1.29, 1.82) is 0 Å². The number of nitrogens with zero attached hydrogens (tertiary/aromatic N) is 1. The summed E-state index contributed by atoms with van der Waals surface area (Å²) < 4.78 is 9.90. The van der Waals surface area contributed by atoms with Crippen LogP contribution in [0, 0.1) is 5.92 Å². The molecule has 0 bridgehead atoms. The first-order valence-electron chi connectivity index (χ1n) is 6.68. The number of imide groups is 1. The molecule has 0 saturated heterocycles. The molecule has 0 rings (SSSR count). The van der Waals surface area contributed by atoms with Gasteiger partial charge in [-0.15, -0.1) is 0 Å². The maximum Gasteiger partial charge on any atom is 0.417 e. The van der Waals surface area contributed by atoms with Crippen molar-refractivity contribution in [3.63, 3.8) is 0 Å². The second-order valence-corrected chi connectivity index (χ2v) is 5.81. The largest absolute Gasteiger partial charge is 0.458 e. The van der Waals surface area contributed by atoms with Gasteiger partial charge in [0.25, 0.3) is 0 Å². The highest BCUT2D eigenvalue weighted by molar-refractivity contribution is 5.96. The van der Waals surface area contributed by atoms with Crippen molar-refractivity contribution in [1.82, 2.24) is 4.90 Å². The average Bonchev–Trinajstić information content (AvgIpc) is 2.30. The lowest BCUT2D eigenvalue weighted by Crippen LogP contribution is -2.52. The van der Waals surface area contributed by atoms with Gasteiger partial charge in [0, 0.05) is 6.42 Å². The number of hydrogen-bond acceptors (Lipinski definition) is 5. The van der Waals surface area contributed by atoms with Crippen molar-refractivity contribution in [3.05, 3.63) is 0 Å². The smallest absolute Gasteiger partial charge is 0.417 e. The molecule has 0 aliphatic heterocycles. The Bertz CT molecular complexity index is 354. The Hall–Kier alpha value is -1.59. The number of hydrogen-bond donors (Lipinski definition) is 0. The fourth-order valence-electron chi connectivity index (χ4n) is 1.68. The molecule has 0 aromatic carbocycles. The zero-order chi connectivity index (χ0) is 16.1. The van der Waals surface area contributed by atoms with E-state index in [4.69, 9.17) is 4.74 Å². The van der Waals surface area contributed by atoms with Crippen LogP contribution in [0.3, 0.4) is 0 Å². The molecule has 20 heavy (non-hydrogen) atoms. The quantitative estimate of drug-likeness (QED) is 0.742. The van der Waals surface area contributed by atoms with Gasteiger partial charge in [-0.25, -0.2) is 14.5 Å². The van der Waals surface area contributed by atoms with Crippen LogP contribution in [0.25, 0.3) is 0 Å². The molecule has 1 atom stereocenters. The molecule has 1 unspecified atom stereocenters. The lowest BCUT2D eigenvalue weighted by molar-refractivity contribution is -0.165. The van der Waals surface area contributed by atoms with Gasteiger partial charge < -0.3 is 9.47 Å². The maximum atomic E-state index is 12.3. The van der Waals surface area contributed by atoms with Crippen LogP contribution < -0.4 is 0 Å². The number of carbonyl (C=O) groups is 3. The third-order valence-corrected chi connectivity index (χ3v) is 2.50. The van der Waals surface area contributed by atoms with E-state index in [1.165, 1.54) is 7.11 Å². The van der Waals surface area contributed by atoms with Crippen LogP contribution in [0.5, 0.6) is 0 Å². The molecule has 0 aliphatic carbocycles. The van der Waals surface area contributed by atoms with Crippen LogP contribution in [0.2, 0.25) is 0 Å². The SMILES string of the molecule is CCC(=O)N(C(=O)OC)C(C(=O)OC(C)(C)C)C(C)C. The topological polar surface area (TPSA) is 72.9 Å². The number of methoxy groups -OCH3 is 1. The molecule has 0 radical (unpaired) electrons. The van der Waals surface area contributed by atoms with E-state index in [0.717, 1.165) is 4.90 Å². The van der Waals surface area contributed by atoms with Gasteiger partial charge in [-0.3, -0.25) is 4.79 Å². The minimum Gasteiger partial charge on any atom is -0.458 e. The minimum absolute atomic E-state index is 0.0983. The summed E-state index contributed by atoms with van der Waals surface area (Å²) in [6, 6.07) is -0.992. The van der Waals surface area contributed by atoms with Crippen molar-refractivity contribution < 1.29 is 23.9 Å². The van der Waals surface area contributed by atoms with Crippen LogP contribution in [-0.4, -0.2) is 41.6 Å². The summed E-state index contributed by atoms with van der Waals surface area (Å²) in [6.07, 6.45) is -0.748. The predicted molar refractivity (Wildman–Crippen MR) is 74.0 cm³/mol. The van der Waals surface area contributed by atoms with E-state index in [1.54, 1.807) is 41.5 Å². The average molecular weight is 287 g/mol. The molecule has 0 spiro atoms. The Kier molecular flexibility index (Phi) is 6.68. The number of rotatable bonds is 4. The summed E-state index contributed by atoms with van der Waals surface area (Å²) in [6.45, 7) is 10.3. The zero-order valence-electron chi connectivity index (χ0n) is 13.4. The van der Waals surface area contributed by atoms with E-state index in [-0.39, 0.29) is 12.3 Å². The molecule has 0 heterocycles. The van der Waals surface area contributed by atoms with Crippen LogP contribution in [0.1, 0.15) is 48.0 Å². The lowest BCUT2D eigenvalue weighted by atomic mass is 10.0. The first kappa shape index (κ1) is 18.4. The van der Waals surface area contributed by atoms with Crippen molar-refractivity contribution in [3.8, 4) is 0 Å². The monoisotopic (exact) mass is 287 g/mol. The van der Waals surface area contributed by atoms with Crippen LogP contribution in [0.4, 0.5) is 4.79 Å². The number of ether oxygens (including phenoxy) is 2.